The fourth-order valence-corrected chi connectivity index (χ4v) is 1.86. The number of rotatable bonds is 6. The topological polar surface area (TPSA) is 116 Å². The highest BCUT2D eigenvalue weighted by molar-refractivity contribution is 6.35. The van der Waals surface area contributed by atoms with E-state index in [4.69, 9.17) is 0 Å². The van der Waals surface area contributed by atoms with Gasteiger partial charge >= 0.3 is 23.6 Å². The summed E-state index contributed by atoms with van der Waals surface area (Å²) in [5, 5.41) is 9.84. The Morgan fingerprint density at radius 2 is 1.08 bits per heavy atom. The van der Waals surface area contributed by atoms with Crippen LogP contribution in [0.2, 0.25) is 0 Å². The van der Waals surface area contributed by atoms with Crippen molar-refractivity contribution in [1.29, 1.82) is 0 Å². The first kappa shape index (κ1) is 19.1. The van der Waals surface area contributed by atoms with Gasteiger partial charge in [-0.2, -0.15) is 0 Å². The molecule has 0 atom stereocenters. The van der Waals surface area contributed by atoms with Crippen molar-refractivity contribution >= 4 is 23.6 Å². The molecule has 0 heterocycles. The molecule has 0 bridgehead atoms. The Balaban J connectivity index is 2.52. The third-order valence-corrected chi connectivity index (χ3v) is 2.98. The van der Waals surface area contributed by atoms with Gasteiger partial charge in [0.15, 0.2) is 0 Å². The van der Waals surface area contributed by atoms with Gasteiger partial charge in [-0.05, 0) is 25.0 Å². The van der Waals surface area contributed by atoms with Crippen molar-refractivity contribution < 1.29 is 19.2 Å². The Hall–Kier alpha value is -2.90. The largest absolute Gasteiger partial charge is 0.348 e. The average Bonchev–Trinajstić information content (AvgIpc) is 2.58. The van der Waals surface area contributed by atoms with Gasteiger partial charge in [0.05, 0.1) is 0 Å². The van der Waals surface area contributed by atoms with E-state index >= 15 is 0 Å². The fourth-order valence-electron chi connectivity index (χ4n) is 1.86. The molecule has 4 N–H and O–H groups in total. The van der Waals surface area contributed by atoms with Crippen molar-refractivity contribution in [3.63, 3.8) is 0 Å². The van der Waals surface area contributed by atoms with Gasteiger partial charge in [-0.15, -0.1) is 0 Å². The van der Waals surface area contributed by atoms with Crippen molar-refractivity contribution in [2.24, 2.45) is 0 Å². The molecule has 0 spiro atoms. The molecular weight excluding hydrogens is 312 g/mol. The van der Waals surface area contributed by atoms with E-state index in [1.165, 1.54) is 0 Å². The average molecular weight is 334 g/mol. The zero-order chi connectivity index (χ0) is 17.9. The van der Waals surface area contributed by atoms with Gasteiger partial charge in [0.25, 0.3) is 0 Å². The molecule has 0 aromatic heterocycles. The maximum absolute atomic E-state index is 11.5. The fraction of sp³-hybridized carbons (Fsp3) is 0.375. The lowest BCUT2D eigenvalue weighted by molar-refractivity contribution is -0.139. The molecule has 1 aromatic carbocycles. The molecule has 130 valence electrons. The van der Waals surface area contributed by atoms with Crippen LogP contribution in [0.15, 0.2) is 24.3 Å². The second-order valence-electron chi connectivity index (χ2n) is 4.90. The molecule has 0 aliphatic rings. The number of hydrogen-bond acceptors (Lipinski definition) is 4. The van der Waals surface area contributed by atoms with Crippen molar-refractivity contribution in [2.75, 3.05) is 13.1 Å². The van der Waals surface area contributed by atoms with Crippen LogP contribution in [0.3, 0.4) is 0 Å². The first-order chi connectivity index (χ1) is 11.5. The lowest BCUT2D eigenvalue weighted by Crippen LogP contribution is -2.39. The van der Waals surface area contributed by atoms with Gasteiger partial charge in [0.1, 0.15) is 0 Å². The van der Waals surface area contributed by atoms with Crippen molar-refractivity contribution in [1.82, 2.24) is 21.3 Å². The number of nitrogens with one attached hydrogen (secondary N) is 4. The summed E-state index contributed by atoms with van der Waals surface area (Å²) in [7, 11) is 0. The summed E-state index contributed by atoms with van der Waals surface area (Å²) in [6.45, 7) is 4.59. The molecule has 8 heteroatoms. The molecule has 1 rings (SSSR count). The molecule has 24 heavy (non-hydrogen) atoms. The van der Waals surface area contributed by atoms with Gasteiger partial charge in [0.2, 0.25) is 0 Å². The molecular formula is C16H22N4O4. The van der Waals surface area contributed by atoms with E-state index in [-0.39, 0.29) is 13.1 Å². The standard InChI is InChI=1S/C16H22N4O4/c1-3-17-13(21)15(23)19-9-11-6-5-7-12(8-11)10-20-16(24)14(22)18-4-2/h5-8H,3-4,9-10H2,1-2H3,(H,17,21)(H,18,22)(H,19,23)(H,20,24). The summed E-state index contributed by atoms with van der Waals surface area (Å²) >= 11 is 0. The van der Waals surface area contributed by atoms with E-state index in [9.17, 15) is 19.2 Å². The third kappa shape index (κ3) is 6.47. The number of hydrogen-bond donors (Lipinski definition) is 4. The molecule has 0 unspecified atom stereocenters. The van der Waals surface area contributed by atoms with Crippen molar-refractivity contribution in [2.45, 2.75) is 26.9 Å². The van der Waals surface area contributed by atoms with Gasteiger partial charge in [-0.25, -0.2) is 0 Å². The smallest absolute Gasteiger partial charge is 0.309 e. The summed E-state index contributed by atoms with van der Waals surface area (Å²) < 4.78 is 0. The minimum Gasteiger partial charge on any atom is -0.348 e. The number of amides is 4. The molecule has 0 aliphatic heterocycles. The van der Waals surface area contributed by atoms with Crippen LogP contribution in [0.1, 0.15) is 25.0 Å². The van der Waals surface area contributed by atoms with Gasteiger partial charge in [0, 0.05) is 26.2 Å². The molecule has 0 fully saturated rings. The first-order valence-electron chi connectivity index (χ1n) is 7.67. The van der Waals surface area contributed by atoms with Crippen LogP contribution in [0.5, 0.6) is 0 Å². The van der Waals surface area contributed by atoms with Crippen LogP contribution >= 0.6 is 0 Å². The molecule has 1 aromatic rings. The Bertz CT molecular complexity index is 567. The maximum Gasteiger partial charge on any atom is 0.309 e. The SMILES string of the molecule is CCNC(=O)C(=O)NCc1cccc(CNC(=O)C(=O)NCC)c1. The highest BCUT2D eigenvalue weighted by Gasteiger charge is 2.12. The van der Waals surface area contributed by atoms with E-state index in [1.54, 1.807) is 38.1 Å². The first-order valence-corrected chi connectivity index (χ1v) is 7.67. The Labute approximate surface area is 140 Å². The lowest BCUT2D eigenvalue weighted by Gasteiger charge is -2.08. The highest BCUT2D eigenvalue weighted by Crippen LogP contribution is 2.05. The normalized spacial score (nSPS) is 9.75. The summed E-state index contributed by atoms with van der Waals surface area (Å²) in [6, 6.07) is 7.11. The quantitative estimate of drug-likeness (QED) is 0.509. The van der Waals surface area contributed by atoms with Gasteiger partial charge < -0.3 is 21.3 Å². The van der Waals surface area contributed by atoms with Crippen molar-refractivity contribution in [3.8, 4) is 0 Å². The zero-order valence-corrected chi connectivity index (χ0v) is 13.8. The van der Waals surface area contributed by atoms with Crippen LogP contribution in [-0.2, 0) is 32.3 Å². The van der Waals surface area contributed by atoms with Crippen LogP contribution in [-0.4, -0.2) is 36.7 Å². The van der Waals surface area contributed by atoms with E-state index in [0.717, 1.165) is 11.1 Å². The minimum atomic E-state index is -0.702. The van der Waals surface area contributed by atoms with Crippen molar-refractivity contribution in [3.05, 3.63) is 35.4 Å². The molecule has 0 radical (unpaired) electrons. The Morgan fingerprint density at radius 1 is 0.708 bits per heavy atom. The van der Waals surface area contributed by atoms with Crippen LogP contribution in [0.25, 0.3) is 0 Å². The summed E-state index contributed by atoms with van der Waals surface area (Å²) in [5.74, 6) is -2.76. The van der Waals surface area contributed by atoms with E-state index < -0.39 is 23.6 Å². The highest BCUT2D eigenvalue weighted by atomic mass is 16.2. The lowest BCUT2D eigenvalue weighted by atomic mass is 10.1. The summed E-state index contributed by atoms with van der Waals surface area (Å²) in [6.07, 6.45) is 0. The second kappa shape index (κ2) is 9.98. The van der Waals surface area contributed by atoms with Gasteiger partial charge in [-0.1, -0.05) is 24.3 Å². The van der Waals surface area contributed by atoms with Gasteiger partial charge in [-0.3, -0.25) is 19.2 Å². The molecule has 0 saturated carbocycles. The summed E-state index contributed by atoms with van der Waals surface area (Å²) in [4.78, 5) is 45.7. The molecule has 0 saturated heterocycles. The predicted molar refractivity (Wildman–Crippen MR) is 87.5 cm³/mol. The van der Waals surface area contributed by atoms with Crippen LogP contribution < -0.4 is 21.3 Å². The Morgan fingerprint density at radius 3 is 1.46 bits per heavy atom. The molecule has 0 aliphatic carbocycles. The number of benzene rings is 1. The predicted octanol–water partition coefficient (Wildman–Crippen LogP) is -0.809. The number of carbonyl (C=O) groups excluding carboxylic acids is 4. The third-order valence-electron chi connectivity index (χ3n) is 2.98. The van der Waals surface area contributed by atoms with E-state index in [2.05, 4.69) is 21.3 Å². The monoisotopic (exact) mass is 334 g/mol. The number of likely N-dealkylation sites (N-methyl/N-ethyl adjacent to an activating group) is 2. The molecule has 8 nitrogen and oxygen atoms in total. The van der Waals surface area contributed by atoms with E-state index in [1.807, 2.05) is 0 Å². The zero-order valence-electron chi connectivity index (χ0n) is 13.8. The minimum absolute atomic E-state index is 0.189. The van der Waals surface area contributed by atoms with E-state index in [0.29, 0.717) is 13.1 Å². The number of carbonyl (C=O) groups is 4. The van der Waals surface area contributed by atoms with Crippen LogP contribution in [0, 0.1) is 0 Å². The second-order valence-corrected chi connectivity index (χ2v) is 4.90. The summed E-state index contributed by atoms with van der Waals surface area (Å²) in [5.41, 5.74) is 1.55. The maximum atomic E-state index is 11.5. The van der Waals surface area contributed by atoms with Crippen LogP contribution in [0.4, 0.5) is 0 Å². The Kier molecular flexibility index (Phi) is 7.97. The molecule has 4 amide bonds.